The molecule has 0 aromatic carbocycles. The number of aromatic nitrogens is 2. The number of hydrogen-bond donors (Lipinski definition) is 1. The van der Waals surface area contributed by atoms with Gasteiger partial charge in [-0.15, -0.1) is 0 Å². The van der Waals surface area contributed by atoms with Crippen molar-refractivity contribution in [2.24, 2.45) is 0 Å². The summed E-state index contributed by atoms with van der Waals surface area (Å²) in [6.45, 7) is 1.64. The van der Waals surface area contributed by atoms with Crippen LogP contribution in [0.4, 0.5) is 13.2 Å². The minimum atomic E-state index is -4.46. The average Bonchev–Trinajstić information content (AvgIpc) is 2.86. The van der Waals surface area contributed by atoms with Crippen molar-refractivity contribution in [1.82, 2.24) is 20.0 Å². The number of likely N-dealkylation sites (tertiary alicyclic amines) is 1. The summed E-state index contributed by atoms with van der Waals surface area (Å²) in [5.41, 5.74) is 0.0332. The lowest BCUT2D eigenvalue weighted by Crippen LogP contribution is -2.47. The molecule has 8 heteroatoms. The zero-order valence-electron chi connectivity index (χ0n) is 13.8. The van der Waals surface area contributed by atoms with E-state index in [0.717, 1.165) is 38.8 Å². The molecule has 1 aliphatic carbocycles. The average molecular weight is 344 g/mol. The third-order valence-electron chi connectivity index (χ3n) is 4.81. The number of halogens is 3. The molecule has 1 N–H and O–H groups in total. The zero-order valence-corrected chi connectivity index (χ0v) is 13.8. The fraction of sp³-hybridized carbons (Fsp3) is 0.750. The minimum absolute atomic E-state index is 0.0599. The van der Waals surface area contributed by atoms with Crippen molar-refractivity contribution in [1.29, 1.82) is 0 Å². The molecule has 0 bridgehead atoms. The summed E-state index contributed by atoms with van der Waals surface area (Å²) in [6, 6.07) is 0.0599. The SMILES string of the molecule is CN1CCC[C@@H](NC(=O)Cn2nc(C(F)(F)F)c3c2CCCC3)C1. The van der Waals surface area contributed by atoms with Gasteiger partial charge in [-0.3, -0.25) is 9.48 Å². The second-order valence-electron chi connectivity index (χ2n) is 6.81. The van der Waals surface area contributed by atoms with Crippen molar-refractivity contribution >= 4 is 5.91 Å². The summed E-state index contributed by atoms with van der Waals surface area (Å²) < 4.78 is 40.7. The number of carbonyl (C=O) groups is 1. The molecule has 1 fully saturated rings. The fourth-order valence-corrected chi connectivity index (χ4v) is 3.72. The van der Waals surface area contributed by atoms with Gasteiger partial charge in [-0.05, 0) is 52.1 Å². The maximum absolute atomic E-state index is 13.2. The molecular formula is C16H23F3N4O. The quantitative estimate of drug-likeness (QED) is 0.912. The molecule has 1 atom stereocenters. The van der Waals surface area contributed by atoms with E-state index >= 15 is 0 Å². The molecule has 3 rings (SSSR count). The second kappa shape index (κ2) is 6.74. The molecule has 2 aliphatic rings. The van der Waals surface area contributed by atoms with Gasteiger partial charge >= 0.3 is 6.18 Å². The largest absolute Gasteiger partial charge is 0.435 e. The predicted molar refractivity (Wildman–Crippen MR) is 82.5 cm³/mol. The Morgan fingerprint density at radius 2 is 2.04 bits per heavy atom. The van der Waals surface area contributed by atoms with E-state index in [9.17, 15) is 18.0 Å². The van der Waals surface area contributed by atoms with Gasteiger partial charge in [0.05, 0.1) is 0 Å². The van der Waals surface area contributed by atoms with Crippen LogP contribution in [0, 0.1) is 0 Å². The van der Waals surface area contributed by atoms with E-state index in [0.29, 0.717) is 18.5 Å². The third-order valence-corrected chi connectivity index (χ3v) is 4.81. The Balaban J connectivity index is 1.72. The first-order valence-electron chi connectivity index (χ1n) is 8.48. The molecule has 1 aromatic heterocycles. The van der Waals surface area contributed by atoms with Gasteiger partial charge in [0.2, 0.25) is 5.91 Å². The number of carbonyl (C=O) groups excluding carboxylic acids is 1. The molecular weight excluding hydrogens is 321 g/mol. The standard InChI is InChI=1S/C16H23F3N4O/c1-22-8-4-5-11(9-22)20-14(24)10-23-13-7-3-2-6-12(13)15(21-23)16(17,18)19/h11H,2-10H2,1H3,(H,20,24)/t11-/m1/s1. The summed E-state index contributed by atoms with van der Waals surface area (Å²) in [4.78, 5) is 14.4. The normalized spacial score (nSPS) is 22.2. The Hall–Kier alpha value is -1.57. The van der Waals surface area contributed by atoms with Crippen LogP contribution in [0.3, 0.4) is 0 Å². The monoisotopic (exact) mass is 344 g/mol. The van der Waals surface area contributed by atoms with E-state index in [1.165, 1.54) is 4.68 Å². The highest BCUT2D eigenvalue weighted by Gasteiger charge is 2.39. The molecule has 1 aromatic rings. The summed E-state index contributed by atoms with van der Waals surface area (Å²) in [6.07, 6.45) is -0.0301. The molecule has 0 saturated carbocycles. The Morgan fingerprint density at radius 3 is 2.75 bits per heavy atom. The van der Waals surface area contributed by atoms with Gasteiger partial charge in [-0.1, -0.05) is 0 Å². The maximum atomic E-state index is 13.2. The van der Waals surface area contributed by atoms with Crippen LogP contribution in [-0.4, -0.2) is 46.8 Å². The lowest BCUT2D eigenvalue weighted by Gasteiger charge is -2.30. The Kier molecular flexibility index (Phi) is 4.85. The number of likely N-dealkylation sites (N-methyl/N-ethyl adjacent to an activating group) is 1. The molecule has 1 saturated heterocycles. The topological polar surface area (TPSA) is 50.2 Å². The maximum Gasteiger partial charge on any atom is 0.435 e. The van der Waals surface area contributed by atoms with E-state index < -0.39 is 11.9 Å². The first kappa shape index (κ1) is 17.3. The molecule has 0 unspecified atom stereocenters. The summed E-state index contributed by atoms with van der Waals surface area (Å²) >= 11 is 0. The molecule has 1 aliphatic heterocycles. The Bertz CT molecular complexity index is 611. The first-order valence-corrected chi connectivity index (χ1v) is 8.48. The Morgan fingerprint density at radius 1 is 1.29 bits per heavy atom. The molecule has 0 radical (unpaired) electrons. The van der Waals surface area contributed by atoms with Crippen molar-refractivity contribution in [2.75, 3.05) is 20.1 Å². The highest BCUT2D eigenvalue weighted by atomic mass is 19.4. The number of amides is 1. The van der Waals surface area contributed by atoms with Crippen molar-refractivity contribution in [2.45, 2.75) is 57.3 Å². The van der Waals surface area contributed by atoms with Crippen LogP contribution < -0.4 is 5.32 Å². The summed E-state index contributed by atoms with van der Waals surface area (Å²) in [7, 11) is 2.00. The highest BCUT2D eigenvalue weighted by Crippen LogP contribution is 2.35. The molecule has 5 nitrogen and oxygen atoms in total. The van der Waals surface area contributed by atoms with Gasteiger partial charge < -0.3 is 10.2 Å². The smallest absolute Gasteiger partial charge is 0.350 e. The lowest BCUT2D eigenvalue weighted by molar-refractivity contribution is -0.142. The van der Waals surface area contributed by atoms with E-state index in [2.05, 4.69) is 15.3 Å². The van der Waals surface area contributed by atoms with Crippen LogP contribution >= 0.6 is 0 Å². The van der Waals surface area contributed by atoms with E-state index in [4.69, 9.17) is 0 Å². The van der Waals surface area contributed by atoms with Gasteiger partial charge in [-0.2, -0.15) is 18.3 Å². The van der Waals surface area contributed by atoms with Crippen LogP contribution in [-0.2, 0) is 30.4 Å². The van der Waals surface area contributed by atoms with Gasteiger partial charge in [0.1, 0.15) is 6.54 Å². The second-order valence-corrected chi connectivity index (χ2v) is 6.81. The molecule has 134 valence electrons. The molecule has 24 heavy (non-hydrogen) atoms. The lowest BCUT2D eigenvalue weighted by atomic mass is 9.95. The van der Waals surface area contributed by atoms with Crippen LogP contribution in [0.25, 0.3) is 0 Å². The van der Waals surface area contributed by atoms with Crippen LogP contribution in [0.5, 0.6) is 0 Å². The highest BCUT2D eigenvalue weighted by molar-refractivity contribution is 5.76. The molecule has 0 spiro atoms. The van der Waals surface area contributed by atoms with Crippen LogP contribution in [0.1, 0.15) is 42.6 Å². The number of rotatable bonds is 3. The molecule has 2 heterocycles. The number of piperidine rings is 1. The minimum Gasteiger partial charge on any atom is -0.350 e. The number of hydrogen-bond acceptors (Lipinski definition) is 3. The van der Waals surface area contributed by atoms with Gasteiger partial charge in [0.25, 0.3) is 0 Å². The van der Waals surface area contributed by atoms with E-state index in [1.54, 1.807) is 0 Å². The number of nitrogens with zero attached hydrogens (tertiary/aromatic N) is 3. The number of fused-ring (bicyclic) bond motifs is 1. The van der Waals surface area contributed by atoms with E-state index in [-0.39, 0.29) is 24.1 Å². The number of alkyl halides is 3. The van der Waals surface area contributed by atoms with Crippen molar-refractivity contribution in [3.63, 3.8) is 0 Å². The van der Waals surface area contributed by atoms with Gasteiger partial charge in [0, 0.05) is 23.8 Å². The van der Waals surface area contributed by atoms with E-state index in [1.807, 2.05) is 7.05 Å². The summed E-state index contributed by atoms with van der Waals surface area (Å²) in [5.74, 6) is -0.264. The zero-order chi connectivity index (χ0) is 17.3. The van der Waals surface area contributed by atoms with Gasteiger partial charge in [0.15, 0.2) is 5.69 Å². The van der Waals surface area contributed by atoms with Crippen molar-refractivity contribution in [3.05, 3.63) is 17.0 Å². The number of nitrogens with one attached hydrogen (secondary N) is 1. The Labute approximate surface area is 139 Å². The van der Waals surface area contributed by atoms with Crippen molar-refractivity contribution in [3.8, 4) is 0 Å². The molecule has 1 amide bonds. The van der Waals surface area contributed by atoms with Crippen LogP contribution in [0.2, 0.25) is 0 Å². The van der Waals surface area contributed by atoms with Crippen molar-refractivity contribution < 1.29 is 18.0 Å². The van der Waals surface area contributed by atoms with Gasteiger partial charge in [-0.25, -0.2) is 0 Å². The third kappa shape index (κ3) is 3.74. The summed E-state index contributed by atoms with van der Waals surface area (Å²) in [5, 5.41) is 6.66. The fourth-order valence-electron chi connectivity index (χ4n) is 3.72. The predicted octanol–water partition coefficient (Wildman–Crippen LogP) is 1.99. The first-order chi connectivity index (χ1) is 11.3. The van der Waals surface area contributed by atoms with Crippen LogP contribution in [0.15, 0.2) is 0 Å².